The molecule has 1 N–H and O–H groups in total. The number of anilines is 2. The molecule has 0 spiro atoms. The Labute approximate surface area is 171 Å². The third kappa shape index (κ3) is 6.24. The zero-order chi connectivity index (χ0) is 19.8. The first-order valence-corrected chi connectivity index (χ1v) is 9.66. The lowest BCUT2D eigenvalue weighted by Gasteiger charge is -2.28. The molecule has 0 unspecified atom stereocenters. The highest BCUT2D eigenvalue weighted by atomic mass is 79.9. The molecule has 1 aliphatic heterocycles. The van der Waals surface area contributed by atoms with Gasteiger partial charge in [-0.1, -0.05) is 15.9 Å². The Morgan fingerprint density at radius 2 is 1.68 bits per heavy atom. The average Bonchev–Trinajstić information content (AvgIpc) is 2.73. The number of hydrogen-bond donors (Lipinski definition) is 1. The maximum Gasteiger partial charge on any atom is 0.344 e. The van der Waals surface area contributed by atoms with Crippen molar-refractivity contribution < 1.29 is 23.8 Å². The van der Waals surface area contributed by atoms with E-state index in [1.807, 2.05) is 24.3 Å². The first-order chi connectivity index (χ1) is 13.6. The van der Waals surface area contributed by atoms with E-state index in [1.54, 1.807) is 24.3 Å². The number of carbonyl (C=O) groups is 2. The lowest BCUT2D eigenvalue weighted by molar-refractivity contribution is -0.149. The summed E-state index contributed by atoms with van der Waals surface area (Å²) >= 11 is 3.32. The van der Waals surface area contributed by atoms with E-state index in [-0.39, 0.29) is 13.2 Å². The Hall–Kier alpha value is -2.58. The molecule has 1 fully saturated rings. The number of rotatable bonds is 7. The monoisotopic (exact) mass is 448 g/mol. The van der Waals surface area contributed by atoms with Crippen LogP contribution in [0.2, 0.25) is 0 Å². The van der Waals surface area contributed by atoms with Crippen molar-refractivity contribution in [3.05, 3.63) is 53.0 Å². The Balaban J connectivity index is 1.38. The van der Waals surface area contributed by atoms with Crippen LogP contribution in [-0.4, -0.2) is 51.4 Å². The molecule has 1 amide bonds. The van der Waals surface area contributed by atoms with E-state index in [1.165, 1.54) is 0 Å². The largest absolute Gasteiger partial charge is 0.482 e. The molecule has 0 atom stereocenters. The molecule has 0 aromatic heterocycles. The van der Waals surface area contributed by atoms with E-state index in [4.69, 9.17) is 14.2 Å². The fraction of sp³-hybridized carbons (Fsp3) is 0.300. The number of hydrogen-bond acceptors (Lipinski definition) is 6. The lowest BCUT2D eigenvalue weighted by atomic mass is 10.2. The number of amides is 1. The summed E-state index contributed by atoms with van der Waals surface area (Å²) in [6, 6.07) is 14.6. The molecule has 1 aliphatic rings. The van der Waals surface area contributed by atoms with Crippen LogP contribution in [0.5, 0.6) is 5.75 Å². The van der Waals surface area contributed by atoms with E-state index in [0.29, 0.717) is 11.4 Å². The Kier molecular flexibility index (Phi) is 7.27. The third-order valence-corrected chi connectivity index (χ3v) is 4.59. The minimum Gasteiger partial charge on any atom is -0.482 e. The Morgan fingerprint density at radius 3 is 2.36 bits per heavy atom. The standard InChI is InChI=1S/C20H21BrN2O5/c21-15-1-7-18(8-2-15)27-14-20(25)28-13-19(24)22-16-3-5-17(6-4-16)23-9-11-26-12-10-23/h1-8H,9-14H2,(H,22,24). The van der Waals surface area contributed by atoms with Crippen molar-refractivity contribution in [1.82, 2.24) is 0 Å². The van der Waals surface area contributed by atoms with Gasteiger partial charge in [0.2, 0.25) is 0 Å². The summed E-state index contributed by atoms with van der Waals surface area (Å²) in [4.78, 5) is 25.9. The van der Waals surface area contributed by atoms with Gasteiger partial charge in [0.1, 0.15) is 5.75 Å². The summed E-state index contributed by atoms with van der Waals surface area (Å²) in [6.07, 6.45) is 0. The van der Waals surface area contributed by atoms with E-state index in [2.05, 4.69) is 26.1 Å². The SMILES string of the molecule is O=C(COC(=O)COc1ccc(Br)cc1)Nc1ccc(N2CCOCC2)cc1. The van der Waals surface area contributed by atoms with Crippen LogP contribution in [-0.2, 0) is 19.1 Å². The molecule has 0 saturated carbocycles. The van der Waals surface area contributed by atoms with Gasteiger partial charge < -0.3 is 24.4 Å². The number of halogens is 1. The van der Waals surface area contributed by atoms with Crippen molar-refractivity contribution in [3.8, 4) is 5.75 Å². The molecule has 1 saturated heterocycles. The Bertz CT molecular complexity index is 789. The van der Waals surface area contributed by atoms with Crippen LogP contribution in [0.3, 0.4) is 0 Å². The summed E-state index contributed by atoms with van der Waals surface area (Å²) < 4.78 is 16.5. The summed E-state index contributed by atoms with van der Waals surface area (Å²) in [5, 5.41) is 2.70. The molecule has 7 nitrogen and oxygen atoms in total. The van der Waals surface area contributed by atoms with Gasteiger partial charge in [-0.25, -0.2) is 4.79 Å². The van der Waals surface area contributed by atoms with Crippen LogP contribution in [0, 0.1) is 0 Å². The van der Waals surface area contributed by atoms with Gasteiger partial charge in [0, 0.05) is 28.9 Å². The Morgan fingerprint density at radius 1 is 1.00 bits per heavy atom. The molecule has 0 aliphatic carbocycles. The molecule has 0 bridgehead atoms. The van der Waals surface area contributed by atoms with Gasteiger partial charge in [-0.3, -0.25) is 4.79 Å². The number of morpholine rings is 1. The second kappa shape index (κ2) is 10.1. The van der Waals surface area contributed by atoms with Crippen LogP contribution in [0.1, 0.15) is 0 Å². The quantitative estimate of drug-likeness (QED) is 0.656. The van der Waals surface area contributed by atoms with Crippen molar-refractivity contribution in [2.75, 3.05) is 49.7 Å². The number of benzene rings is 2. The number of nitrogens with zero attached hydrogens (tertiary/aromatic N) is 1. The predicted molar refractivity (Wildman–Crippen MR) is 109 cm³/mol. The van der Waals surface area contributed by atoms with Gasteiger partial charge in [0.25, 0.3) is 5.91 Å². The number of nitrogens with one attached hydrogen (secondary N) is 1. The van der Waals surface area contributed by atoms with Crippen molar-refractivity contribution in [2.45, 2.75) is 0 Å². The van der Waals surface area contributed by atoms with Crippen molar-refractivity contribution in [2.24, 2.45) is 0 Å². The first-order valence-electron chi connectivity index (χ1n) is 8.87. The van der Waals surface area contributed by atoms with Gasteiger partial charge in [-0.05, 0) is 48.5 Å². The van der Waals surface area contributed by atoms with Gasteiger partial charge in [-0.15, -0.1) is 0 Å². The third-order valence-electron chi connectivity index (χ3n) is 4.06. The second-order valence-electron chi connectivity index (χ2n) is 6.10. The molecule has 2 aromatic carbocycles. The molecule has 28 heavy (non-hydrogen) atoms. The van der Waals surface area contributed by atoms with E-state index in [9.17, 15) is 9.59 Å². The van der Waals surface area contributed by atoms with Gasteiger partial charge in [0.15, 0.2) is 13.2 Å². The van der Waals surface area contributed by atoms with Gasteiger partial charge in [0.05, 0.1) is 13.2 Å². The van der Waals surface area contributed by atoms with E-state index < -0.39 is 11.9 Å². The molecular formula is C20H21BrN2O5. The molecule has 3 rings (SSSR count). The molecule has 0 radical (unpaired) electrons. The maximum atomic E-state index is 12.0. The van der Waals surface area contributed by atoms with Crippen LogP contribution < -0.4 is 15.0 Å². The fourth-order valence-corrected chi connectivity index (χ4v) is 2.90. The normalized spacial score (nSPS) is 13.7. The average molecular weight is 449 g/mol. The zero-order valence-corrected chi connectivity index (χ0v) is 16.8. The van der Waals surface area contributed by atoms with Crippen molar-refractivity contribution in [1.29, 1.82) is 0 Å². The van der Waals surface area contributed by atoms with Crippen LogP contribution in [0.25, 0.3) is 0 Å². The molecule has 1 heterocycles. The van der Waals surface area contributed by atoms with E-state index in [0.717, 1.165) is 36.5 Å². The van der Waals surface area contributed by atoms with Crippen LogP contribution in [0.15, 0.2) is 53.0 Å². The molecule has 148 valence electrons. The van der Waals surface area contributed by atoms with Crippen molar-refractivity contribution >= 4 is 39.2 Å². The number of carbonyl (C=O) groups excluding carboxylic acids is 2. The smallest absolute Gasteiger partial charge is 0.344 e. The topological polar surface area (TPSA) is 77.1 Å². The predicted octanol–water partition coefficient (Wildman–Crippen LogP) is 2.85. The second-order valence-corrected chi connectivity index (χ2v) is 7.01. The summed E-state index contributed by atoms with van der Waals surface area (Å²) in [7, 11) is 0. The summed E-state index contributed by atoms with van der Waals surface area (Å²) in [5.41, 5.74) is 1.72. The summed E-state index contributed by atoms with van der Waals surface area (Å²) in [5.74, 6) is -0.471. The van der Waals surface area contributed by atoms with Crippen LogP contribution >= 0.6 is 15.9 Å². The zero-order valence-electron chi connectivity index (χ0n) is 15.2. The molecule has 2 aromatic rings. The highest BCUT2D eigenvalue weighted by molar-refractivity contribution is 9.10. The fourth-order valence-electron chi connectivity index (χ4n) is 2.63. The highest BCUT2D eigenvalue weighted by Crippen LogP contribution is 2.19. The number of ether oxygens (including phenoxy) is 3. The van der Waals surface area contributed by atoms with E-state index >= 15 is 0 Å². The molecular weight excluding hydrogens is 428 g/mol. The minimum absolute atomic E-state index is 0.261. The van der Waals surface area contributed by atoms with Gasteiger partial charge in [-0.2, -0.15) is 0 Å². The van der Waals surface area contributed by atoms with Crippen LogP contribution in [0.4, 0.5) is 11.4 Å². The highest BCUT2D eigenvalue weighted by Gasteiger charge is 2.12. The minimum atomic E-state index is -0.610. The van der Waals surface area contributed by atoms with Gasteiger partial charge >= 0.3 is 5.97 Å². The lowest BCUT2D eigenvalue weighted by Crippen LogP contribution is -2.36. The number of esters is 1. The first kappa shape index (κ1) is 20.2. The summed E-state index contributed by atoms with van der Waals surface area (Å²) in [6.45, 7) is 2.51. The molecule has 8 heteroatoms. The van der Waals surface area contributed by atoms with Crippen molar-refractivity contribution in [3.63, 3.8) is 0 Å². The maximum absolute atomic E-state index is 12.0.